The van der Waals surface area contributed by atoms with Crippen molar-refractivity contribution >= 4 is 31.3 Å². The Morgan fingerprint density at radius 1 is 1.15 bits per heavy atom. The van der Waals surface area contributed by atoms with E-state index in [1.54, 1.807) is 18.2 Å². The van der Waals surface area contributed by atoms with Crippen LogP contribution in [0.4, 0.5) is 5.69 Å². The van der Waals surface area contributed by atoms with Gasteiger partial charge in [-0.3, -0.25) is 4.79 Å². The lowest BCUT2D eigenvalue weighted by molar-refractivity contribution is 0.102. The molecule has 1 fully saturated rings. The van der Waals surface area contributed by atoms with Crippen LogP contribution in [-0.2, 0) is 19.7 Å². The van der Waals surface area contributed by atoms with Crippen molar-refractivity contribution in [1.29, 1.82) is 5.26 Å². The van der Waals surface area contributed by atoms with Crippen molar-refractivity contribution in [2.75, 3.05) is 16.8 Å². The monoisotopic (exact) mass is 404 g/mol. The quantitative estimate of drug-likeness (QED) is 0.829. The Balaban J connectivity index is 1.85. The van der Waals surface area contributed by atoms with Crippen molar-refractivity contribution in [2.45, 2.75) is 16.6 Å². The van der Waals surface area contributed by atoms with Crippen molar-refractivity contribution in [3.63, 3.8) is 0 Å². The first-order valence-corrected chi connectivity index (χ1v) is 11.4. The minimum absolute atomic E-state index is 0.0576. The van der Waals surface area contributed by atoms with Gasteiger partial charge in [0.2, 0.25) is 0 Å². The molecule has 1 aliphatic heterocycles. The van der Waals surface area contributed by atoms with Crippen LogP contribution in [0.3, 0.4) is 0 Å². The number of carbonyl (C=O) groups is 1. The average molecular weight is 404 g/mol. The van der Waals surface area contributed by atoms with E-state index in [9.17, 15) is 21.6 Å². The molecule has 7 nitrogen and oxygen atoms in total. The maximum Gasteiger partial charge on any atom is 0.255 e. The normalized spacial score (nSPS) is 18.6. The summed E-state index contributed by atoms with van der Waals surface area (Å²) < 4.78 is 48.6. The molecule has 0 bridgehead atoms. The highest BCUT2D eigenvalue weighted by atomic mass is 32.2. The number of nitriles is 1. The lowest BCUT2D eigenvalue weighted by Crippen LogP contribution is -2.23. The summed E-state index contributed by atoms with van der Waals surface area (Å²) in [6.45, 7) is 0. The highest BCUT2D eigenvalue weighted by Gasteiger charge is 2.38. The van der Waals surface area contributed by atoms with Crippen LogP contribution >= 0.6 is 0 Å². The van der Waals surface area contributed by atoms with Crippen molar-refractivity contribution in [2.24, 2.45) is 0 Å². The molecule has 2 aromatic rings. The first-order valence-electron chi connectivity index (χ1n) is 8.07. The molecule has 1 saturated heterocycles. The highest BCUT2D eigenvalue weighted by Crippen LogP contribution is 2.26. The van der Waals surface area contributed by atoms with Crippen LogP contribution in [0.25, 0.3) is 0 Å². The van der Waals surface area contributed by atoms with Crippen LogP contribution in [-0.4, -0.2) is 39.5 Å². The van der Waals surface area contributed by atoms with E-state index >= 15 is 0 Å². The van der Waals surface area contributed by atoms with Gasteiger partial charge in [-0.15, -0.1) is 0 Å². The van der Waals surface area contributed by atoms with E-state index < -0.39 is 36.6 Å². The predicted molar refractivity (Wildman–Crippen MR) is 99.8 cm³/mol. The third-order valence-electron chi connectivity index (χ3n) is 4.30. The molecule has 0 unspecified atom stereocenters. The molecule has 140 valence electrons. The van der Waals surface area contributed by atoms with Crippen LogP contribution in [0.2, 0.25) is 0 Å². The Morgan fingerprint density at radius 3 is 2.56 bits per heavy atom. The third kappa shape index (κ3) is 4.18. The zero-order valence-corrected chi connectivity index (χ0v) is 15.8. The standard InChI is InChI=1S/C18H16N2O5S2/c19-11-13-3-1-5-15(9-13)20-18(21)14-4-2-6-16(10-14)27(24,25)17-7-8-26(22,23)12-17/h1-6,9-10,17H,7-8,12H2,(H,20,21)/t17-/m0/s1. The number of nitrogens with one attached hydrogen (secondary N) is 1. The van der Waals surface area contributed by atoms with E-state index in [0.717, 1.165) is 0 Å². The van der Waals surface area contributed by atoms with Crippen LogP contribution in [0.5, 0.6) is 0 Å². The molecule has 3 rings (SSSR count). The number of hydrogen-bond donors (Lipinski definition) is 1. The zero-order chi connectivity index (χ0) is 19.7. The van der Waals surface area contributed by atoms with Crippen molar-refractivity contribution < 1.29 is 21.6 Å². The Kier molecular flexibility index (Phi) is 5.04. The number of nitrogens with zero attached hydrogens (tertiary/aromatic N) is 1. The molecule has 1 heterocycles. The predicted octanol–water partition coefficient (Wildman–Crippen LogP) is 1.77. The number of anilines is 1. The molecule has 1 aliphatic rings. The van der Waals surface area contributed by atoms with Crippen LogP contribution in [0, 0.1) is 11.3 Å². The first-order chi connectivity index (χ1) is 12.7. The molecule has 1 amide bonds. The minimum Gasteiger partial charge on any atom is -0.322 e. The van der Waals surface area contributed by atoms with Gasteiger partial charge in [-0.05, 0) is 42.8 Å². The van der Waals surface area contributed by atoms with Gasteiger partial charge < -0.3 is 5.32 Å². The summed E-state index contributed by atoms with van der Waals surface area (Å²) in [5, 5.41) is 10.5. The van der Waals surface area contributed by atoms with Crippen LogP contribution < -0.4 is 5.32 Å². The number of hydrogen-bond acceptors (Lipinski definition) is 6. The van der Waals surface area contributed by atoms with Crippen molar-refractivity contribution in [3.05, 3.63) is 59.7 Å². The summed E-state index contributed by atoms with van der Waals surface area (Å²) in [7, 11) is -7.20. The molecule has 1 atom stereocenters. The van der Waals surface area contributed by atoms with Crippen molar-refractivity contribution in [3.8, 4) is 6.07 Å². The smallest absolute Gasteiger partial charge is 0.255 e. The molecule has 2 aromatic carbocycles. The van der Waals surface area contributed by atoms with E-state index in [4.69, 9.17) is 5.26 Å². The van der Waals surface area contributed by atoms with Gasteiger partial charge in [-0.1, -0.05) is 12.1 Å². The van der Waals surface area contributed by atoms with Gasteiger partial charge in [0.25, 0.3) is 5.91 Å². The molecule has 27 heavy (non-hydrogen) atoms. The maximum absolute atomic E-state index is 12.7. The second-order valence-corrected chi connectivity index (χ2v) is 10.7. The lowest BCUT2D eigenvalue weighted by Gasteiger charge is -2.11. The Labute approximate surface area is 157 Å². The highest BCUT2D eigenvalue weighted by molar-refractivity contribution is 7.96. The Morgan fingerprint density at radius 2 is 1.89 bits per heavy atom. The molecule has 0 spiro atoms. The van der Waals surface area contributed by atoms with Gasteiger partial charge in [0.15, 0.2) is 19.7 Å². The lowest BCUT2D eigenvalue weighted by atomic mass is 10.2. The second kappa shape index (κ2) is 7.13. The molecule has 0 aliphatic carbocycles. The summed E-state index contributed by atoms with van der Waals surface area (Å²) in [6.07, 6.45) is 0.0576. The van der Waals surface area contributed by atoms with Crippen LogP contribution in [0.15, 0.2) is 53.4 Å². The Hall–Kier alpha value is -2.70. The van der Waals surface area contributed by atoms with E-state index in [-0.39, 0.29) is 22.6 Å². The SMILES string of the molecule is N#Cc1cccc(NC(=O)c2cccc(S(=O)(=O)[C@H]3CCS(=O)(=O)C3)c2)c1. The van der Waals surface area contributed by atoms with Gasteiger partial charge in [0.05, 0.1) is 33.3 Å². The van der Waals surface area contributed by atoms with Gasteiger partial charge >= 0.3 is 0 Å². The summed E-state index contributed by atoms with van der Waals surface area (Å²) in [5.74, 6) is -1.07. The van der Waals surface area contributed by atoms with Gasteiger partial charge in [0, 0.05) is 11.3 Å². The number of carbonyl (C=O) groups excluding carboxylic acids is 1. The molecule has 9 heteroatoms. The van der Waals surface area contributed by atoms with E-state index in [1.165, 1.54) is 30.3 Å². The summed E-state index contributed by atoms with van der Waals surface area (Å²) in [6, 6.07) is 13.8. The van der Waals surface area contributed by atoms with E-state index in [2.05, 4.69) is 5.32 Å². The summed E-state index contributed by atoms with van der Waals surface area (Å²) in [4.78, 5) is 12.4. The summed E-state index contributed by atoms with van der Waals surface area (Å²) >= 11 is 0. The van der Waals surface area contributed by atoms with Gasteiger partial charge in [0.1, 0.15) is 0 Å². The largest absolute Gasteiger partial charge is 0.322 e. The maximum atomic E-state index is 12.7. The topological polar surface area (TPSA) is 121 Å². The number of benzene rings is 2. The molecule has 1 N–H and O–H groups in total. The molecular weight excluding hydrogens is 388 g/mol. The van der Waals surface area contributed by atoms with Crippen LogP contribution in [0.1, 0.15) is 22.3 Å². The minimum atomic E-state index is -3.85. The summed E-state index contributed by atoms with van der Waals surface area (Å²) in [5.41, 5.74) is 0.917. The molecule has 0 aromatic heterocycles. The molecular formula is C18H16N2O5S2. The van der Waals surface area contributed by atoms with Crippen molar-refractivity contribution in [1.82, 2.24) is 0 Å². The second-order valence-electron chi connectivity index (χ2n) is 6.24. The molecule has 0 radical (unpaired) electrons. The third-order valence-corrected chi connectivity index (χ3v) is 8.47. The number of rotatable bonds is 4. The average Bonchev–Trinajstić information content (AvgIpc) is 3.02. The fourth-order valence-electron chi connectivity index (χ4n) is 2.88. The fraction of sp³-hybridized carbons (Fsp3) is 0.222. The fourth-order valence-corrected chi connectivity index (χ4v) is 7.29. The number of sulfone groups is 2. The zero-order valence-electron chi connectivity index (χ0n) is 14.1. The Bertz CT molecular complexity index is 1150. The van der Waals surface area contributed by atoms with E-state index in [0.29, 0.717) is 11.3 Å². The van der Waals surface area contributed by atoms with Gasteiger partial charge in [-0.2, -0.15) is 5.26 Å². The first kappa shape index (κ1) is 19.1. The van der Waals surface area contributed by atoms with E-state index in [1.807, 2.05) is 6.07 Å². The number of amides is 1. The molecule has 0 saturated carbocycles. The van der Waals surface area contributed by atoms with Gasteiger partial charge in [-0.25, -0.2) is 16.8 Å².